The third-order valence-corrected chi connectivity index (χ3v) is 9.38. The molecule has 1 aliphatic heterocycles. The van der Waals surface area contributed by atoms with E-state index in [1.54, 1.807) is 12.0 Å². The van der Waals surface area contributed by atoms with Gasteiger partial charge in [0.05, 0.1) is 19.3 Å². The molecule has 0 spiro atoms. The van der Waals surface area contributed by atoms with Gasteiger partial charge in [-0.2, -0.15) is 0 Å². The third-order valence-electron chi connectivity index (χ3n) is 9.38. The lowest BCUT2D eigenvalue weighted by Crippen LogP contribution is -2.60. The second-order valence-corrected chi connectivity index (χ2v) is 12.6. The van der Waals surface area contributed by atoms with Gasteiger partial charge < -0.3 is 30.7 Å². The Bertz CT molecular complexity index is 1450. The molecular formula is C38H50N4O5. The van der Waals surface area contributed by atoms with E-state index in [0.717, 1.165) is 22.4 Å². The van der Waals surface area contributed by atoms with Crippen LogP contribution < -0.4 is 20.7 Å². The summed E-state index contributed by atoms with van der Waals surface area (Å²) in [7, 11) is 1.63. The second-order valence-electron chi connectivity index (χ2n) is 12.6. The lowest BCUT2D eigenvalue weighted by Gasteiger charge is -2.36. The molecule has 0 aromatic heterocycles. The summed E-state index contributed by atoms with van der Waals surface area (Å²) in [5.41, 5.74) is 2.00. The van der Waals surface area contributed by atoms with Gasteiger partial charge in [0.1, 0.15) is 17.3 Å². The minimum atomic E-state index is -1.06. The highest BCUT2D eigenvalue weighted by molar-refractivity contribution is 5.96. The third kappa shape index (κ3) is 9.42. The number of nitrogens with zero attached hydrogens (tertiary/aromatic N) is 1. The number of aliphatic hydroxyl groups is 1. The number of nitrogens with one attached hydrogen (secondary N) is 3. The van der Waals surface area contributed by atoms with E-state index in [2.05, 4.69) is 16.0 Å². The molecule has 4 rings (SSSR count). The van der Waals surface area contributed by atoms with Gasteiger partial charge in [-0.3, -0.25) is 14.4 Å². The van der Waals surface area contributed by atoms with Crippen molar-refractivity contribution in [1.82, 2.24) is 20.9 Å². The lowest BCUT2D eigenvalue weighted by atomic mass is 9.81. The molecule has 9 nitrogen and oxygen atoms in total. The van der Waals surface area contributed by atoms with Crippen LogP contribution in [0.2, 0.25) is 0 Å². The maximum Gasteiger partial charge on any atom is 0.249 e. The van der Waals surface area contributed by atoms with E-state index in [1.165, 1.54) is 6.92 Å². The van der Waals surface area contributed by atoms with Crippen LogP contribution in [0.25, 0.3) is 0 Å². The molecule has 1 saturated heterocycles. The number of hydrogen-bond acceptors (Lipinski definition) is 6. The normalized spacial score (nSPS) is 18.7. The van der Waals surface area contributed by atoms with Crippen LogP contribution in [0.3, 0.4) is 0 Å². The Kier molecular flexibility index (Phi) is 13.0. The number of aliphatic hydroxyl groups excluding tert-OH is 1. The SMILES string of the molecule is CC[C@H](C)C1(NC(C)=O)CCN([C@@H](CCc2ccccc2)C(=O)N[C@@H](Cc2ccccc2)[C@H](O)CNCc2cccc(OC)c2)C1=O. The fraction of sp³-hybridized carbons (Fsp3) is 0.447. The monoisotopic (exact) mass is 642 g/mol. The van der Waals surface area contributed by atoms with Gasteiger partial charge in [0, 0.05) is 26.6 Å². The zero-order valence-corrected chi connectivity index (χ0v) is 28.1. The van der Waals surface area contributed by atoms with Crippen molar-refractivity contribution in [1.29, 1.82) is 0 Å². The van der Waals surface area contributed by atoms with Crippen molar-refractivity contribution >= 4 is 17.7 Å². The standard InChI is InChI=1S/C38H50N4O5/c1-5-27(2)38(41-28(3)43)21-22-42(37(38)46)34(20-19-29-13-8-6-9-14-29)36(45)40-33(24-30-15-10-7-11-16-30)35(44)26-39-25-31-17-12-18-32(23-31)47-4/h6-18,23,27,33-35,39,44H,5,19-22,24-26H2,1-4H3,(H,40,45)(H,41,43)/t27-,33-,34-,35+,38?/m0/s1. The average molecular weight is 643 g/mol. The maximum atomic E-state index is 14.3. The molecule has 252 valence electrons. The van der Waals surface area contributed by atoms with Crippen molar-refractivity contribution in [2.45, 2.75) is 83.1 Å². The van der Waals surface area contributed by atoms with Gasteiger partial charge in [-0.1, -0.05) is 93.1 Å². The fourth-order valence-corrected chi connectivity index (χ4v) is 6.51. The van der Waals surface area contributed by atoms with Crippen molar-refractivity contribution in [3.63, 3.8) is 0 Å². The Morgan fingerprint density at radius 1 is 0.979 bits per heavy atom. The smallest absolute Gasteiger partial charge is 0.249 e. The molecule has 0 saturated carbocycles. The molecule has 5 atom stereocenters. The number of amides is 3. The first kappa shape index (κ1) is 35.6. The summed E-state index contributed by atoms with van der Waals surface area (Å²) in [6.07, 6.45) is 1.63. The van der Waals surface area contributed by atoms with Crippen molar-refractivity contribution in [3.05, 3.63) is 102 Å². The molecule has 3 aromatic carbocycles. The summed E-state index contributed by atoms with van der Waals surface area (Å²) in [5.74, 6) is -0.156. The summed E-state index contributed by atoms with van der Waals surface area (Å²) >= 11 is 0. The predicted octanol–water partition coefficient (Wildman–Crippen LogP) is 4.03. The molecule has 1 heterocycles. The number of aryl methyl sites for hydroxylation is 1. The Labute approximate surface area is 279 Å². The van der Waals surface area contributed by atoms with Crippen LogP contribution in [-0.4, -0.2) is 71.7 Å². The number of carbonyl (C=O) groups excluding carboxylic acids is 3. The number of carbonyl (C=O) groups is 3. The molecule has 1 fully saturated rings. The maximum absolute atomic E-state index is 14.3. The van der Waals surface area contributed by atoms with Crippen LogP contribution in [-0.2, 0) is 33.8 Å². The van der Waals surface area contributed by atoms with Crippen molar-refractivity contribution in [2.75, 3.05) is 20.2 Å². The van der Waals surface area contributed by atoms with Gasteiger partial charge in [-0.15, -0.1) is 0 Å². The molecule has 0 bridgehead atoms. The average Bonchev–Trinajstić information content (AvgIpc) is 3.40. The topological polar surface area (TPSA) is 120 Å². The van der Waals surface area contributed by atoms with Gasteiger partial charge in [0.2, 0.25) is 17.7 Å². The lowest BCUT2D eigenvalue weighted by molar-refractivity contribution is -0.144. The Morgan fingerprint density at radius 3 is 2.28 bits per heavy atom. The number of likely N-dealkylation sites (tertiary alicyclic amines) is 1. The zero-order valence-electron chi connectivity index (χ0n) is 28.1. The summed E-state index contributed by atoms with van der Waals surface area (Å²) in [4.78, 5) is 42.5. The van der Waals surface area contributed by atoms with Crippen molar-refractivity contribution in [3.8, 4) is 5.75 Å². The summed E-state index contributed by atoms with van der Waals surface area (Å²) in [6.45, 7) is 6.51. The van der Waals surface area contributed by atoms with Gasteiger partial charge in [-0.05, 0) is 60.4 Å². The summed E-state index contributed by atoms with van der Waals surface area (Å²) in [6, 6.07) is 26.0. The van der Waals surface area contributed by atoms with E-state index in [9.17, 15) is 19.5 Å². The zero-order chi connectivity index (χ0) is 33.8. The molecule has 1 aliphatic rings. The Hall–Kier alpha value is -4.21. The van der Waals surface area contributed by atoms with Crippen LogP contribution in [0.1, 0.15) is 56.7 Å². The molecule has 0 radical (unpaired) electrons. The van der Waals surface area contributed by atoms with E-state index in [0.29, 0.717) is 45.2 Å². The van der Waals surface area contributed by atoms with Crippen molar-refractivity contribution < 1.29 is 24.2 Å². The summed E-state index contributed by atoms with van der Waals surface area (Å²) in [5, 5.41) is 20.9. The van der Waals surface area contributed by atoms with Crippen LogP contribution >= 0.6 is 0 Å². The van der Waals surface area contributed by atoms with E-state index in [4.69, 9.17) is 4.74 Å². The number of rotatable bonds is 17. The number of hydrogen-bond donors (Lipinski definition) is 4. The summed E-state index contributed by atoms with van der Waals surface area (Å²) < 4.78 is 5.33. The van der Waals surface area contributed by atoms with E-state index in [1.807, 2.05) is 98.8 Å². The molecule has 3 aromatic rings. The number of benzene rings is 3. The molecule has 47 heavy (non-hydrogen) atoms. The molecular weight excluding hydrogens is 592 g/mol. The highest BCUT2D eigenvalue weighted by Gasteiger charge is 2.53. The highest BCUT2D eigenvalue weighted by atomic mass is 16.5. The molecule has 0 aliphatic carbocycles. The number of methoxy groups -OCH3 is 1. The molecule has 1 unspecified atom stereocenters. The van der Waals surface area contributed by atoms with E-state index in [-0.39, 0.29) is 30.2 Å². The molecule has 3 amide bonds. The highest BCUT2D eigenvalue weighted by Crippen LogP contribution is 2.34. The first-order valence-electron chi connectivity index (χ1n) is 16.7. The quantitative estimate of drug-likeness (QED) is 0.177. The first-order chi connectivity index (χ1) is 22.7. The van der Waals surface area contributed by atoms with Gasteiger partial charge >= 0.3 is 0 Å². The van der Waals surface area contributed by atoms with Crippen molar-refractivity contribution in [2.24, 2.45) is 5.92 Å². The number of ether oxygens (including phenoxy) is 1. The van der Waals surface area contributed by atoms with Crippen LogP contribution in [0.5, 0.6) is 5.75 Å². The van der Waals surface area contributed by atoms with E-state index >= 15 is 0 Å². The van der Waals surface area contributed by atoms with Gasteiger partial charge in [-0.25, -0.2) is 0 Å². The van der Waals surface area contributed by atoms with Crippen LogP contribution in [0, 0.1) is 5.92 Å². The Balaban J connectivity index is 1.56. The Morgan fingerprint density at radius 2 is 1.64 bits per heavy atom. The van der Waals surface area contributed by atoms with Crippen LogP contribution in [0.15, 0.2) is 84.9 Å². The largest absolute Gasteiger partial charge is 0.497 e. The molecule has 9 heteroatoms. The van der Waals surface area contributed by atoms with E-state index < -0.39 is 23.7 Å². The fourth-order valence-electron chi connectivity index (χ4n) is 6.51. The van der Waals surface area contributed by atoms with Crippen LogP contribution in [0.4, 0.5) is 0 Å². The van der Waals surface area contributed by atoms with Gasteiger partial charge in [0.15, 0.2) is 0 Å². The predicted molar refractivity (Wildman–Crippen MR) is 184 cm³/mol. The minimum Gasteiger partial charge on any atom is -0.497 e. The minimum absolute atomic E-state index is 0.106. The first-order valence-corrected chi connectivity index (χ1v) is 16.7. The second kappa shape index (κ2) is 17.1. The molecule has 4 N–H and O–H groups in total. The van der Waals surface area contributed by atoms with Gasteiger partial charge in [0.25, 0.3) is 0 Å².